The van der Waals surface area contributed by atoms with Gasteiger partial charge in [0.25, 0.3) is 5.91 Å². The zero-order valence-corrected chi connectivity index (χ0v) is 14.8. The molecule has 1 unspecified atom stereocenters. The number of nitrogens with zero attached hydrogens (tertiary/aromatic N) is 2. The lowest BCUT2D eigenvalue weighted by atomic mass is 9.93. The van der Waals surface area contributed by atoms with Gasteiger partial charge in [0.2, 0.25) is 0 Å². The summed E-state index contributed by atoms with van der Waals surface area (Å²) < 4.78 is 5.12. The van der Waals surface area contributed by atoms with Crippen LogP contribution in [0.15, 0.2) is 40.0 Å². The standard InChI is InChI=1S/C16H16ClN3O3S/c1-3-23-16(22)13-11-8-24-14(18-2)12(11)15(21)20(19-13)10-6-4-9(17)5-7-10/h4-7,11,18H,3,8H2,1-2H3. The molecule has 1 atom stereocenters. The van der Waals surface area contributed by atoms with E-state index >= 15 is 0 Å². The largest absolute Gasteiger partial charge is 0.461 e. The highest BCUT2D eigenvalue weighted by Crippen LogP contribution is 2.40. The topological polar surface area (TPSA) is 71.0 Å². The van der Waals surface area contributed by atoms with Crippen LogP contribution >= 0.6 is 23.4 Å². The van der Waals surface area contributed by atoms with Gasteiger partial charge in [-0.2, -0.15) is 10.1 Å². The van der Waals surface area contributed by atoms with Crippen molar-refractivity contribution in [2.75, 3.05) is 24.4 Å². The summed E-state index contributed by atoms with van der Waals surface area (Å²) in [5, 5.41) is 9.89. The highest BCUT2D eigenvalue weighted by atomic mass is 35.5. The maximum atomic E-state index is 12.9. The van der Waals surface area contributed by atoms with E-state index in [1.54, 1.807) is 38.2 Å². The normalized spacial score (nSPS) is 20.0. The number of benzene rings is 1. The zero-order valence-electron chi connectivity index (χ0n) is 13.2. The lowest BCUT2D eigenvalue weighted by molar-refractivity contribution is -0.135. The van der Waals surface area contributed by atoms with E-state index < -0.39 is 5.97 Å². The molecule has 0 saturated heterocycles. The number of hydrogen-bond donors (Lipinski definition) is 1. The minimum atomic E-state index is -0.496. The molecule has 24 heavy (non-hydrogen) atoms. The Hall–Kier alpha value is -1.99. The first-order valence-corrected chi connectivity index (χ1v) is 8.83. The molecule has 0 bridgehead atoms. The summed E-state index contributed by atoms with van der Waals surface area (Å²) in [6.07, 6.45) is 0. The third-order valence-electron chi connectivity index (χ3n) is 3.73. The molecule has 2 aliphatic rings. The van der Waals surface area contributed by atoms with Crippen molar-refractivity contribution in [2.45, 2.75) is 6.92 Å². The number of esters is 1. The Bertz CT molecular complexity index is 745. The highest BCUT2D eigenvalue weighted by molar-refractivity contribution is 8.03. The van der Waals surface area contributed by atoms with E-state index in [9.17, 15) is 9.59 Å². The molecular weight excluding hydrogens is 350 g/mol. The summed E-state index contributed by atoms with van der Waals surface area (Å²) in [6.45, 7) is 1.99. The van der Waals surface area contributed by atoms with Gasteiger partial charge in [-0.05, 0) is 31.2 Å². The molecule has 0 radical (unpaired) electrons. The number of fused-ring (bicyclic) bond motifs is 1. The summed E-state index contributed by atoms with van der Waals surface area (Å²) in [6, 6.07) is 6.72. The number of carbonyl (C=O) groups excluding carboxylic acids is 2. The van der Waals surface area contributed by atoms with Gasteiger partial charge in [0.15, 0.2) is 5.71 Å². The van der Waals surface area contributed by atoms with E-state index in [-0.39, 0.29) is 24.1 Å². The first-order chi connectivity index (χ1) is 11.6. The number of anilines is 1. The summed E-state index contributed by atoms with van der Waals surface area (Å²) in [4.78, 5) is 25.2. The average Bonchev–Trinajstić information content (AvgIpc) is 3.01. The fourth-order valence-corrected chi connectivity index (χ4v) is 3.95. The first-order valence-electron chi connectivity index (χ1n) is 7.47. The molecule has 0 saturated carbocycles. The van der Waals surface area contributed by atoms with Crippen LogP contribution in [0.25, 0.3) is 0 Å². The van der Waals surface area contributed by atoms with Crippen LogP contribution in [0.3, 0.4) is 0 Å². The molecule has 1 aromatic rings. The van der Waals surface area contributed by atoms with Gasteiger partial charge >= 0.3 is 5.97 Å². The Labute approximate surface area is 148 Å². The molecule has 0 aromatic heterocycles. The van der Waals surface area contributed by atoms with E-state index in [0.717, 1.165) is 5.03 Å². The number of amides is 1. The van der Waals surface area contributed by atoms with Crippen LogP contribution in [0.1, 0.15) is 6.92 Å². The minimum Gasteiger partial charge on any atom is -0.461 e. The van der Waals surface area contributed by atoms with Crippen molar-refractivity contribution in [2.24, 2.45) is 11.0 Å². The molecule has 1 amide bonds. The summed E-state index contributed by atoms with van der Waals surface area (Å²) >= 11 is 7.41. The molecule has 1 N–H and O–H groups in total. The van der Waals surface area contributed by atoms with Gasteiger partial charge in [-0.25, -0.2) is 4.79 Å². The molecule has 126 valence electrons. The molecule has 0 fully saturated rings. The molecule has 2 aliphatic heterocycles. The third kappa shape index (κ3) is 2.89. The number of nitrogens with one attached hydrogen (secondary N) is 1. The zero-order chi connectivity index (χ0) is 17.3. The van der Waals surface area contributed by atoms with E-state index in [1.165, 1.54) is 16.8 Å². The second-order valence-corrected chi connectivity index (χ2v) is 6.62. The van der Waals surface area contributed by atoms with Crippen molar-refractivity contribution in [3.63, 3.8) is 0 Å². The second-order valence-electron chi connectivity index (χ2n) is 5.16. The van der Waals surface area contributed by atoms with Crippen molar-refractivity contribution in [3.8, 4) is 0 Å². The van der Waals surface area contributed by atoms with Crippen LogP contribution in [0.4, 0.5) is 5.69 Å². The Balaban J connectivity index is 2.09. The Kier molecular flexibility index (Phi) is 4.82. The number of carbonyl (C=O) groups is 2. The molecule has 8 heteroatoms. The quantitative estimate of drug-likeness (QED) is 0.829. The maximum Gasteiger partial charge on any atom is 0.355 e. The fraction of sp³-hybridized carbons (Fsp3) is 0.312. The average molecular weight is 366 g/mol. The van der Waals surface area contributed by atoms with Crippen molar-refractivity contribution < 1.29 is 14.3 Å². The van der Waals surface area contributed by atoms with E-state index in [0.29, 0.717) is 22.0 Å². The number of hydrogen-bond acceptors (Lipinski definition) is 6. The summed E-state index contributed by atoms with van der Waals surface area (Å²) in [5.41, 5.74) is 1.35. The van der Waals surface area contributed by atoms with Crippen molar-refractivity contribution in [1.29, 1.82) is 0 Å². The number of halogens is 1. The second kappa shape index (κ2) is 6.86. The molecule has 0 aliphatic carbocycles. The molecule has 3 rings (SSSR count). The van der Waals surface area contributed by atoms with Gasteiger partial charge in [0, 0.05) is 17.8 Å². The molecule has 0 spiro atoms. The molecule has 2 heterocycles. The lowest BCUT2D eigenvalue weighted by Crippen LogP contribution is -2.43. The predicted octanol–water partition coefficient (Wildman–Crippen LogP) is 2.40. The maximum absolute atomic E-state index is 12.9. The smallest absolute Gasteiger partial charge is 0.355 e. The van der Waals surface area contributed by atoms with Crippen LogP contribution in [0.2, 0.25) is 5.02 Å². The van der Waals surface area contributed by atoms with Crippen LogP contribution in [0, 0.1) is 5.92 Å². The Morgan fingerprint density at radius 2 is 2.17 bits per heavy atom. The van der Waals surface area contributed by atoms with E-state index in [4.69, 9.17) is 16.3 Å². The predicted molar refractivity (Wildman–Crippen MR) is 95.0 cm³/mol. The van der Waals surface area contributed by atoms with Crippen molar-refractivity contribution in [3.05, 3.63) is 39.9 Å². The highest BCUT2D eigenvalue weighted by Gasteiger charge is 2.44. The van der Waals surface area contributed by atoms with Crippen LogP contribution in [0.5, 0.6) is 0 Å². The van der Waals surface area contributed by atoms with Gasteiger partial charge in [0.1, 0.15) is 0 Å². The van der Waals surface area contributed by atoms with Crippen molar-refractivity contribution in [1.82, 2.24) is 5.32 Å². The van der Waals surface area contributed by atoms with Gasteiger partial charge in [0.05, 0.1) is 28.8 Å². The van der Waals surface area contributed by atoms with Crippen molar-refractivity contribution >= 4 is 46.6 Å². The third-order valence-corrected chi connectivity index (χ3v) is 5.20. The molecule has 6 nitrogen and oxygen atoms in total. The Morgan fingerprint density at radius 1 is 1.46 bits per heavy atom. The number of ether oxygens (including phenoxy) is 1. The van der Waals surface area contributed by atoms with E-state index in [2.05, 4.69) is 10.4 Å². The van der Waals surface area contributed by atoms with Crippen LogP contribution in [-0.2, 0) is 14.3 Å². The number of hydrazone groups is 1. The SMILES string of the molecule is CCOC(=O)C1=NN(c2ccc(Cl)cc2)C(=O)C2=C(NC)SCC12. The van der Waals surface area contributed by atoms with Gasteiger partial charge in [-0.3, -0.25) is 4.79 Å². The van der Waals surface area contributed by atoms with Crippen LogP contribution in [-0.4, -0.2) is 37.0 Å². The number of thioether (sulfide) groups is 1. The van der Waals surface area contributed by atoms with E-state index in [1.807, 2.05) is 0 Å². The molecule has 1 aromatic carbocycles. The van der Waals surface area contributed by atoms with Gasteiger partial charge in [-0.15, -0.1) is 11.8 Å². The monoisotopic (exact) mass is 365 g/mol. The number of rotatable bonds is 4. The van der Waals surface area contributed by atoms with Crippen LogP contribution < -0.4 is 10.3 Å². The summed E-state index contributed by atoms with van der Waals surface area (Å²) in [5.74, 6) is -0.509. The Morgan fingerprint density at radius 3 is 2.79 bits per heavy atom. The lowest BCUT2D eigenvalue weighted by Gasteiger charge is -2.28. The summed E-state index contributed by atoms with van der Waals surface area (Å²) in [7, 11) is 1.76. The van der Waals surface area contributed by atoms with Gasteiger partial charge in [-0.1, -0.05) is 11.6 Å². The van der Waals surface area contributed by atoms with Gasteiger partial charge < -0.3 is 10.1 Å². The fourth-order valence-electron chi connectivity index (χ4n) is 2.64. The minimum absolute atomic E-state index is 0.246. The first kappa shape index (κ1) is 16.9. The molecular formula is C16H16ClN3O3S.